The number of rotatable bonds is 4. The van der Waals surface area contributed by atoms with Crippen LogP contribution in [-0.4, -0.2) is 22.7 Å². The van der Waals surface area contributed by atoms with E-state index in [-0.39, 0.29) is 11.5 Å². The summed E-state index contributed by atoms with van der Waals surface area (Å²) >= 11 is 0. The van der Waals surface area contributed by atoms with E-state index >= 15 is 0 Å². The summed E-state index contributed by atoms with van der Waals surface area (Å²) < 4.78 is 0. The third-order valence-electron chi connectivity index (χ3n) is 1.14. The van der Waals surface area contributed by atoms with Gasteiger partial charge in [0.2, 0.25) is 6.04 Å². The first-order valence-corrected chi connectivity index (χ1v) is 2.93. The van der Waals surface area contributed by atoms with Gasteiger partial charge >= 0.3 is 0 Å². The van der Waals surface area contributed by atoms with Crippen molar-refractivity contribution < 1.29 is 10.0 Å². The molecule has 0 aliphatic carbocycles. The van der Waals surface area contributed by atoms with Crippen molar-refractivity contribution in [1.82, 2.24) is 0 Å². The standard InChI is InChI=1S/C5H11NO3/c1-5(6(8)9)3-2-4-7/h5,7H,2-4H2,1H3. The summed E-state index contributed by atoms with van der Waals surface area (Å²) in [5, 5.41) is 18.2. The predicted molar refractivity (Wildman–Crippen MR) is 32.8 cm³/mol. The van der Waals surface area contributed by atoms with Gasteiger partial charge < -0.3 is 5.11 Å². The molecule has 54 valence electrons. The Hall–Kier alpha value is -0.640. The Morgan fingerprint density at radius 1 is 1.78 bits per heavy atom. The Morgan fingerprint density at radius 2 is 2.33 bits per heavy atom. The second-order valence-corrected chi connectivity index (χ2v) is 2.00. The summed E-state index contributed by atoms with van der Waals surface area (Å²) in [5.74, 6) is 0. The quantitative estimate of drug-likeness (QED) is 0.446. The topological polar surface area (TPSA) is 63.4 Å². The molecule has 0 aromatic heterocycles. The first-order chi connectivity index (χ1) is 4.18. The lowest BCUT2D eigenvalue weighted by atomic mass is 10.2. The van der Waals surface area contributed by atoms with Crippen LogP contribution in [0.5, 0.6) is 0 Å². The highest BCUT2D eigenvalue weighted by molar-refractivity contribution is 4.46. The molecule has 0 bridgehead atoms. The molecule has 0 heterocycles. The van der Waals surface area contributed by atoms with Crippen molar-refractivity contribution in [1.29, 1.82) is 0 Å². The molecule has 9 heavy (non-hydrogen) atoms. The average Bonchev–Trinajstić information content (AvgIpc) is 1.82. The smallest absolute Gasteiger partial charge is 0.210 e. The van der Waals surface area contributed by atoms with Gasteiger partial charge in [-0.2, -0.15) is 0 Å². The lowest BCUT2D eigenvalue weighted by Gasteiger charge is -1.99. The van der Waals surface area contributed by atoms with Crippen LogP contribution < -0.4 is 0 Å². The maximum absolute atomic E-state index is 9.93. The van der Waals surface area contributed by atoms with Crippen LogP contribution in [0.3, 0.4) is 0 Å². The normalized spacial score (nSPS) is 13.1. The molecule has 1 unspecified atom stereocenters. The summed E-state index contributed by atoms with van der Waals surface area (Å²) in [4.78, 5) is 9.59. The van der Waals surface area contributed by atoms with Crippen LogP contribution in [0.2, 0.25) is 0 Å². The molecular weight excluding hydrogens is 122 g/mol. The first-order valence-electron chi connectivity index (χ1n) is 2.93. The van der Waals surface area contributed by atoms with Crippen LogP contribution in [0.15, 0.2) is 0 Å². The third kappa shape index (κ3) is 3.90. The summed E-state index contributed by atoms with van der Waals surface area (Å²) in [6.45, 7) is 1.58. The van der Waals surface area contributed by atoms with Crippen molar-refractivity contribution in [3.8, 4) is 0 Å². The maximum Gasteiger partial charge on any atom is 0.210 e. The van der Waals surface area contributed by atoms with Crippen LogP contribution in [0.25, 0.3) is 0 Å². The van der Waals surface area contributed by atoms with Gasteiger partial charge in [-0.3, -0.25) is 10.1 Å². The van der Waals surface area contributed by atoms with Gasteiger partial charge in [0.1, 0.15) is 0 Å². The van der Waals surface area contributed by atoms with Crippen LogP contribution in [0, 0.1) is 10.1 Å². The van der Waals surface area contributed by atoms with Gasteiger partial charge in [-0.05, 0) is 6.42 Å². The molecule has 0 aromatic rings. The molecule has 0 fully saturated rings. The number of aliphatic hydroxyl groups excluding tert-OH is 1. The number of nitrogens with zero attached hydrogens (tertiary/aromatic N) is 1. The van der Waals surface area contributed by atoms with E-state index in [4.69, 9.17) is 5.11 Å². The minimum Gasteiger partial charge on any atom is -0.396 e. The van der Waals surface area contributed by atoms with Crippen molar-refractivity contribution in [2.24, 2.45) is 0 Å². The van der Waals surface area contributed by atoms with Gasteiger partial charge in [-0.25, -0.2) is 0 Å². The van der Waals surface area contributed by atoms with Crippen molar-refractivity contribution in [3.63, 3.8) is 0 Å². The van der Waals surface area contributed by atoms with E-state index < -0.39 is 6.04 Å². The molecule has 4 nitrogen and oxygen atoms in total. The zero-order chi connectivity index (χ0) is 7.28. The summed E-state index contributed by atoms with van der Waals surface area (Å²) in [6, 6.07) is -0.517. The summed E-state index contributed by atoms with van der Waals surface area (Å²) in [7, 11) is 0. The molecule has 4 heteroatoms. The van der Waals surface area contributed by atoms with Crippen molar-refractivity contribution in [3.05, 3.63) is 10.1 Å². The van der Waals surface area contributed by atoms with E-state index in [2.05, 4.69) is 0 Å². The Morgan fingerprint density at radius 3 is 2.67 bits per heavy atom. The van der Waals surface area contributed by atoms with Gasteiger partial charge in [0.15, 0.2) is 0 Å². The Labute approximate surface area is 53.6 Å². The van der Waals surface area contributed by atoms with Crippen LogP contribution >= 0.6 is 0 Å². The molecule has 0 saturated carbocycles. The lowest BCUT2D eigenvalue weighted by molar-refractivity contribution is -0.519. The third-order valence-corrected chi connectivity index (χ3v) is 1.14. The van der Waals surface area contributed by atoms with Crippen LogP contribution in [-0.2, 0) is 0 Å². The van der Waals surface area contributed by atoms with Gasteiger partial charge in [0.25, 0.3) is 0 Å². The van der Waals surface area contributed by atoms with Gasteiger partial charge in [0.05, 0.1) is 0 Å². The molecule has 0 rings (SSSR count). The molecule has 1 N–H and O–H groups in total. The Balaban J connectivity index is 3.27. The molecule has 0 aromatic carbocycles. The van der Waals surface area contributed by atoms with Crippen LogP contribution in [0.4, 0.5) is 0 Å². The fourth-order valence-electron chi connectivity index (χ4n) is 0.492. The molecule has 0 aliphatic rings. The minimum atomic E-state index is -0.517. The van der Waals surface area contributed by atoms with Crippen LogP contribution in [0.1, 0.15) is 19.8 Å². The van der Waals surface area contributed by atoms with Gasteiger partial charge in [0, 0.05) is 24.9 Å². The zero-order valence-electron chi connectivity index (χ0n) is 5.41. The number of hydrogen-bond donors (Lipinski definition) is 1. The predicted octanol–water partition coefficient (Wildman–Crippen LogP) is 0.424. The fourth-order valence-corrected chi connectivity index (χ4v) is 0.492. The largest absolute Gasteiger partial charge is 0.396 e. The fraction of sp³-hybridized carbons (Fsp3) is 1.00. The van der Waals surface area contributed by atoms with Crippen molar-refractivity contribution in [2.45, 2.75) is 25.8 Å². The van der Waals surface area contributed by atoms with E-state index in [0.29, 0.717) is 12.8 Å². The molecule has 0 saturated heterocycles. The Bertz CT molecular complexity index is 94.2. The van der Waals surface area contributed by atoms with E-state index in [1.807, 2.05) is 0 Å². The molecule has 0 amide bonds. The summed E-state index contributed by atoms with van der Waals surface area (Å²) in [6.07, 6.45) is 0.978. The van der Waals surface area contributed by atoms with Gasteiger partial charge in [-0.15, -0.1) is 0 Å². The molecule has 0 spiro atoms. The van der Waals surface area contributed by atoms with E-state index in [0.717, 1.165) is 0 Å². The average molecular weight is 133 g/mol. The second kappa shape index (κ2) is 4.26. The van der Waals surface area contributed by atoms with Crippen molar-refractivity contribution >= 4 is 0 Å². The zero-order valence-corrected chi connectivity index (χ0v) is 5.41. The Kier molecular flexibility index (Phi) is 3.96. The molecular formula is C5H11NO3. The maximum atomic E-state index is 9.93. The lowest BCUT2D eigenvalue weighted by Crippen LogP contribution is -2.14. The highest BCUT2D eigenvalue weighted by Crippen LogP contribution is 1.97. The van der Waals surface area contributed by atoms with E-state index in [1.165, 1.54) is 6.92 Å². The summed E-state index contributed by atoms with van der Waals surface area (Å²) in [5.41, 5.74) is 0. The van der Waals surface area contributed by atoms with Gasteiger partial charge in [-0.1, -0.05) is 0 Å². The SMILES string of the molecule is CC(CCCO)[N+](=O)[O-]. The highest BCUT2D eigenvalue weighted by Gasteiger charge is 2.10. The molecule has 0 radical (unpaired) electrons. The number of aliphatic hydroxyl groups is 1. The van der Waals surface area contributed by atoms with E-state index in [9.17, 15) is 10.1 Å². The second-order valence-electron chi connectivity index (χ2n) is 2.00. The first kappa shape index (κ1) is 8.36. The number of nitro groups is 1. The molecule has 1 atom stereocenters. The molecule has 0 aliphatic heterocycles. The van der Waals surface area contributed by atoms with Crippen molar-refractivity contribution in [2.75, 3.05) is 6.61 Å². The van der Waals surface area contributed by atoms with E-state index in [1.54, 1.807) is 0 Å². The minimum absolute atomic E-state index is 0.0399. The monoisotopic (exact) mass is 133 g/mol. The number of hydrogen-bond acceptors (Lipinski definition) is 3. The highest BCUT2D eigenvalue weighted by atomic mass is 16.6.